The molecule has 2 aliphatic heterocycles. The number of nitrogens with zero attached hydrogens (tertiary/aromatic N) is 3. The molecule has 0 radical (unpaired) electrons. The second-order valence-corrected chi connectivity index (χ2v) is 7.15. The molecular formula is C19H21FN4O3. The minimum absolute atomic E-state index is 0.0110. The fourth-order valence-corrected chi connectivity index (χ4v) is 3.79. The SMILES string of the molecule is O=C1CCC(C(=O)N2CCCC(Cc3nc(-c4ccccc4F)no3)C2)N1. The number of amides is 2. The lowest BCUT2D eigenvalue weighted by atomic mass is 9.94. The molecule has 8 heteroatoms. The molecule has 0 spiro atoms. The minimum Gasteiger partial charge on any atom is -0.344 e. The molecule has 0 bridgehead atoms. The van der Waals surface area contributed by atoms with Gasteiger partial charge in [-0.05, 0) is 37.3 Å². The van der Waals surface area contributed by atoms with Crippen LogP contribution in [0.15, 0.2) is 28.8 Å². The molecule has 1 aromatic carbocycles. The number of halogens is 1. The first kappa shape index (κ1) is 17.6. The van der Waals surface area contributed by atoms with E-state index in [1.165, 1.54) is 6.07 Å². The fraction of sp³-hybridized carbons (Fsp3) is 0.474. The van der Waals surface area contributed by atoms with Gasteiger partial charge in [0, 0.05) is 25.9 Å². The number of rotatable bonds is 4. The highest BCUT2D eigenvalue weighted by Crippen LogP contribution is 2.24. The van der Waals surface area contributed by atoms with Gasteiger partial charge in [-0.2, -0.15) is 4.98 Å². The maximum absolute atomic E-state index is 13.9. The second kappa shape index (κ2) is 7.46. The average Bonchev–Trinajstić information content (AvgIpc) is 3.31. The molecule has 4 rings (SSSR count). The van der Waals surface area contributed by atoms with Gasteiger partial charge in [0.15, 0.2) is 0 Å². The van der Waals surface area contributed by atoms with Crippen molar-refractivity contribution < 1.29 is 18.5 Å². The Balaban J connectivity index is 1.39. The summed E-state index contributed by atoms with van der Waals surface area (Å²) in [5, 5.41) is 6.62. The van der Waals surface area contributed by atoms with Gasteiger partial charge >= 0.3 is 0 Å². The van der Waals surface area contributed by atoms with Gasteiger partial charge in [-0.1, -0.05) is 17.3 Å². The first-order valence-electron chi connectivity index (χ1n) is 9.26. The first-order chi connectivity index (χ1) is 13.1. The highest BCUT2D eigenvalue weighted by molar-refractivity contribution is 5.90. The Kier molecular flexibility index (Phi) is 4.87. The molecule has 0 aliphatic carbocycles. The Morgan fingerprint density at radius 2 is 2.19 bits per heavy atom. The third-order valence-corrected chi connectivity index (χ3v) is 5.17. The number of nitrogens with one attached hydrogen (secondary N) is 1. The van der Waals surface area contributed by atoms with E-state index in [9.17, 15) is 14.0 Å². The van der Waals surface area contributed by atoms with Crippen molar-refractivity contribution in [3.8, 4) is 11.4 Å². The van der Waals surface area contributed by atoms with Crippen LogP contribution >= 0.6 is 0 Å². The van der Waals surface area contributed by atoms with Crippen LogP contribution in [0, 0.1) is 11.7 Å². The highest BCUT2D eigenvalue weighted by atomic mass is 19.1. The van der Waals surface area contributed by atoms with Gasteiger partial charge in [-0.25, -0.2) is 4.39 Å². The summed E-state index contributed by atoms with van der Waals surface area (Å²) in [6, 6.07) is 5.91. The van der Waals surface area contributed by atoms with Crippen LogP contribution in [0.25, 0.3) is 11.4 Å². The maximum Gasteiger partial charge on any atom is 0.245 e. The molecule has 2 aromatic rings. The van der Waals surface area contributed by atoms with E-state index in [0.29, 0.717) is 43.8 Å². The molecule has 2 saturated heterocycles. The Morgan fingerprint density at radius 3 is 2.96 bits per heavy atom. The lowest BCUT2D eigenvalue weighted by molar-refractivity contribution is -0.136. The number of piperidine rings is 1. The summed E-state index contributed by atoms with van der Waals surface area (Å²) in [6.07, 6.45) is 3.37. The summed E-state index contributed by atoms with van der Waals surface area (Å²) >= 11 is 0. The van der Waals surface area contributed by atoms with Crippen LogP contribution in [0.4, 0.5) is 4.39 Å². The van der Waals surface area contributed by atoms with Crippen LogP contribution < -0.4 is 5.32 Å². The Hall–Kier alpha value is -2.77. The Morgan fingerprint density at radius 1 is 1.33 bits per heavy atom. The summed E-state index contributed by atoms with van der Waals surface area (Å²) in [4.78, 5) is 30.1. The smallest absolute Gasteiger partial charge is 0.245 e. The topological polar surface area (TPSA) is 88.3 Å². The number of benzene rings is 1. The molecule has 1 aromatic heterocycles. The molecule has 27 heavy (non-hydrogen) atoms. The van der Waals surface area contributed by atoms with E-state index in [0.717, 1.165) is 12.8 Å². The van der Waals surface area contributed by atoms with E-state index >= 15 is 0 Å². The third-order valence-electron chi connectivity index (χ3n) is 5.17. The van der Waals surface area contributed by atoms with Gasteiger partial charge in [0.05, 0.1) is 5.56 Å². The number of hydrogen-bond donors (Lipinski definition) is 1. The Labute approximate surface area is 155 Å². The predicted molar refractivity (Wildman–Crippen MR) is 93.9 cm³/mol. The zero-order valence-corrected chi connectivity index (χ0v) is 14.9. The van der Waals surface area contributed by atoms with E-state index in [-0.39, 0.29) is 23.6 Å². The summed E-state index contributed by atoms with van der Waals surface area (Å²) in [6.45, 7) is 1.30. The molecule has 0 saturated carbocycles. The zero-order valence-electron chi connectivity index (χ0n) is 14.9. The highest BCUT2D eigenvalue weighted by Gasteiger charge is 2.33. The Bertz CT molecular complexity index is 853. The van der Waals surface area contributed by atoms with Gasteiger partial charge in [-0.15, -0.1) is 0 Å². The number of aromatic nitrogens is 2. The van der Waals surface area contributed by atoms with Gasteiger partial charge in [0.25, 0.3) is 0 Å². The van der Waals surface area contributed by atoms with E-state index in [1.54, 1.807) is 18.2 Å². The quantitative estimate of drug-likeness (QED) is 0.886. The monoisotopic (exact) mass is 372 g/mol. The lowest BCUT2D eigenvalue weighted by Crippen LogP contribution is -2.48. The molecule has 1 N–H and O–H groups in total. The maximum atomic E-state index is 13.9. The van der Waals surface area contributed by atoms with E-state index < -0.39 is 11.9 Å². The van der Waals surface area contributed by atoms with Crippen LogP contribution in [0.3, 0.4) is 0 Å². The largest absolute Gasteiger partial charge is 0.344 e. The van der Waals surface area contributed by atoms with Crippen molar-refractivity contribution in [2.45, 2.75) is 38.1 Å². The van der Waals surface area contributed by atoms with Crippen molar-refractivity contribution in [2.75, 3.05) is 13.1 Å². The van der Waals surface area contributed by atoms with Gasteiger partial charge < -0.3 is 14.7 Å². The summed E-state index contributed by atoms with van der Waals surface area (Å²) in [7, 11) is 0. The van der Waals surface area contributed by atoms with Crippen LogP contribution in [0.2, 0.25) is 0 Å². The molecule has 3 heterocycles. The summed E-state index contributed by atoms with van der Waals surface area (Å²) in [5.41, 5.74) is 0.310. The van der Waals surface area contributed by atoms with Gasteiger partial charge in [0.1, 0.15) is 11.9 Å². The molecule has 2 aliphatic rings. The molecule has 2 atom stereocenters. The van der Waals surface area contributed by atoms with Crippen LogP contribution in [-0.4, -0.2) is 46.0 Å². The average molecular weight is 372 g/mol. The van der Waals surface area contributed by atoms with E-state index in [4.69, 9.17) is 4.52 Å². The summed E-state index contributed by atoms with van der Waals surface area (Å²) < 4.78 is 19.2. The van der Waals surface area contributed by atoms with Gasteiger partial charge in [-0.3, -0.25) is 9.59 Å². The standard InChI is InChI=1S/C19H21FN4O3/c20-14-6-2-1-5-13(14)18-22-17(27-23-18)10-12-4-3-9-24(11-12)19(26)15-7-8-16(25)21-15/h1-2,5-6,12,15H,3-4,7-11H2,(H,21,25). The number of carbonyl (C=O) groups is 2. The fourth-order valence-electron chi connectivity index (χ4n) is 3.79. The number of hydrogen-bond acceptors (Lipinski definition) is 5. The normalized spacial score (nSPS) is 22.7. The minimum atomic E-state index is -0.396. The molecule has 2 fully saturated rings. The van der Waals surface area contributed by atoms with Crippen molar-refractivity contribution in [1.82, 2.24) is 20.4 Å². The molecule has 142 valence electrons. The van der Waals surface area contributed by atoms with Crippen LogP contribution in [0.5, 0.6) is 0 Å². The third kappa shape index (κ3) is 3.84. The number of likely N-dealkylation sites (tertiary alicyclic amines) is 1. The van der Waals surface area contributed by atoms with Crippen LogP contribution in [0.1, 0.15) is 31.6 Å². The van der Waals surface area contributed by atoms with Crippen LogP contribution in [-0.2, 0) is 16.0 Å². The molecular weight excluding hydrogens is 351 g/mol. The van der Waals surface area contributed by atoms with Gasteiger partial charge in [0.2, 0.25) is 23.5 Å². The van der Waals surface area contributed by atoms with E-state index in [2.05, 4.69) is 15.5 Å². The number of carbonyl (C=O) groups excluding carboxylic acids is 2. The van der Waals surface area contributed by atoms with Crippen molar-refractivity contribution >= 4 is 11.8 Å². The van der Waals surface area contributed by atoms with Crippen molar-refractivity contribution in [1.29, 1.82) is 0 Å². The summed E-state index contributed by atoms with van der Waals surface area (Å²) in [5.74, 6) is 0.422. The van der Waals surface area contributed by atoms with E-state index in [1.807, 2.05) is 4.90 Å². The molecule has 7 nitrogen and oxygen atoms in total. The predicted octanol–water partition coefficient (Wildman–Crippen LogP) is 1.94. The second-order valence-electron chi connectivity index (χ2n) is 7.15. The van der Waals surface area contributed by atoms with Crippen molar-refractivity contribution in [2.24, 2.45) is 5.92 Å². The molecule has 2 unspecified atom stereocenters. The zero-order chi connectivity index (χ0) is 18.8. The lowest BCUT2D eigenvalue weighted by Gasteiger charge is -2.33. The molecule has 2 amide bonds. The first-order valence-corrected chi connectivity index (χ1v) is 9.26. The van der Waals surface area contributed by atoms with Crippen molar-refractivity contribution in [3.63, 3.8) is 0 Å². The van der Waals surface area contributed by atoms with Crippen molar-refractivity contribution in [3.05, 3.63) is 36.0 Å².